The highest BCUT2D eigenvalue weighted by molar-refractivity contribution is 6.13. The van der Waals surface area contributed by atoms with E-state index in [1.165, 1.54) is 5.39 Å². The highest BCUT2D eigenvalue weighted by atomic mass is 16.3. The molecule has 0 radical (unpaired) electrons. The van der Waals surface area contributed by atoms with Crippen LogP contribution in [0, 0.1) is 0 Å². The third kappa shape index (κ3) is 1.46. The smallest absolute Gasteiger partial charge is 0.110 e. The van der Waals surface area contributed by atoms with Crippen LogP contribution in [-0.2, 0) is 0 Å². The molecule has 4 rings (SSSR count). The van der Waals surface area contributed by atoms with Crippen molar-refractivity contribution in [2.45, 2.75) is 12.2 Å². The fraction of sp³-hybridized carbons (Fsp3) is 0.111. The molecule has 3 aromatic carbocycles. The van der Waals surface area contributed by atoms with Gasteiger partial charge in [-0.3, -0.25) is 0 Å². The van der Waals surface area contributed by atoms with Gasteiger partial charge < -0.3 is 10.2 Å². The normalized spacial score (nSPS) is 21.3. The van der Waals surface area contributed by atoms with E-state index in [0.717, 1.165) is 27.3 Å². The van der Waals surface area contributed by atoms with E-state index in [4.69, 9.17) is 0 Å². The highest BCUT2D eigenvalue weighted by Gasteiger charge is 2.26. The summed E-state index contributed by atoms with van der Waals surface area (Å²) in [6, 6.07) is 16.2. The average Bonchev–Trinajstić information content (AvgIpc) is 2.50. The van der Waals surface area contributed by atoms with Gasteiger partial charge in [-0.25, -0.2) is 0 Å². The second kappa shape index (κ2) is 4.17. The maximum Gasteiger partial charge on any atom is 0.110 e. The summed E-state index contributed by atoms with van der Waals surface area (Å²) in [5.74, 6) is 0. The Morgan fingerprint density at radius 1 is 0.700 bits per heavy atom. The summed E-state index contributed by atoms with van der Waals surface area (Å²) in [5.41, 5.74) is 1.84. The third-order valence-electron chi connectivity index (χ3n) is 4.09. The van der Waals surface area contributed by atoms with E-state index in [2.05, 4.69) is 18.2 Å². The van der Waals surface area contributed by atoms with Crippen LogP contribution in [-0.4, -0.2) is 16.3 Å². The van der Waals surface area contributed by atoms with Gasteiger partial charge in [0, 0.05) is 0 Å². The molecular formula is C18H14O2. The van der Waals surface area contributed by atoms with Crippen LogP contribution >= 0.6 is 0 Å². The summed E-state index contributed by atoms with van der Waals surface area (Å²) in [7, 11) is 0. The standard InChI is InChI=1S/C18H14O2/c19-16-10-9-15-13-7-2-1-5-11(13)12-6-3-4-8-14(12)17(15)18(16)20/h1-10,16,18-20H/t16-,18+/m1/s1. The monoisotopic (exact) mass is 262 g/mol. The van der Waals surface area contributed by atoms with Gasteiger partial charge in [-0.2, -0.15) is 0 Å². The number of hydrogen-bond donors (Lipinski definition) is 2. The van der Waals surface area contributed by atoms with Gasteiger partial charge in [-0.05, 0) is 32.7 Å². The summed E-state index contributed by atoms with van der Waals surface area (Å²) in [4.78, 5) is 0. The number of rotatable bonds is 0. The van der Waals surface area contributed by atoms with E-state index < -0.39 is 12.2 Å². The minimum absolute atomic E-state index is 0.828. The van der Waals surface area contributed by atoms with Gasteiger partial charge >= 0.3 is 0 Å². The molecule has 0 saturated heterocycles. The number of aliphatic hydroxyl groups excluding tert-OH is 2. The SMILES string of the molecule is O[C@@H]1C=Cc2c(c3ccccc3c3ccccc23)[C@H]1O. The molecular weight excluding hydrogens is 248 g/mol. The number of hydrogen-bond acceptors (Lipinski definition) is 2. The van der Waals surface area contributed by atoms with Crippen LogP contribution in [0.15, 0.2) is 54.6 Å². The number of benzene rings is 3. The minimum atomic E-state index is -0.871. The minimum Gasteiger partial charge on any atom is -0.386 e. The Morgan fingerprint density at radius 3 is 1.95 bits per heavy atom. The van der Waals surface area contributed by atoms with Crippen LogP contribution in [0.5, 0.6) is 0 Å². The second-order valence-electron chi connectivity index (χ2n) is 5.21. The predicted octanol–water partition coefficient (Wildman–Crippen LogP) is 3.41. The summed E-state index contributed by atoms with van der Waals surface area (Å²) >= 11 is 0. The molecule has 0 saturated carbocycles. The van der Waals surface area contributed by atoms with E-state index in [0.29, 0.717) is 0 Å². The predicted molar refractivity (Wildman–Crippen MR) is 81.5 cm³/mol. The zero-order chi connectivity index (χ0) is 13.7. The first-order valence-electron chi connectivity index (χ1n) is 6.75. The second-order valence-corrected chi connectivity index (χ2v) is 5.21. The van der Waals surface area contributed by atoms with Gasteiger partial charge in [0.25, 0.3) is 0 Å². The Kier molecular flexibility index (Phi) is 2.43. The molecule has 2 N–H and O–H groups in total. The Morgan fingerprint density at radius 2 is 1.25 bits per heavy atom. The maximum absolute atomic E-state index is 10.4. The number of fused-ring (bicyclic) bond motifs is 6. The molecule has 0 bridgehead atoms. The van der Waals surface area contributed by atoms with Crippen molar-refractivity contribution in [3.8, 4) is 0 Å². The van der Waals surface area contributed by atoms with Gasteiger partial charge in [-0.15, -0.1) is 0 Å². The fourth-order valence-corrected chi connectivity index (χ4v) is 3.16. The molecule has 3 aromatic rings. The lowest BCUT2D eigenvalue weighted by Gasteiger charge is -2.25. The van der Waals surface area contributed by atoms with E-state index in [-0.39, 0.29) is 0 Å². The Hall–Kier alpha value is -2.16. The molecule has 0 aromatic heterocycles. The van der Waals surface area contributed by atoms with E-state index in [1.54, 1.807) is 6.08 Å². The van der Waals surface area contributed by atoms with E-state index in [1.807, 2.05) is 36.4 Å². The van der Waals surface area contributed by atoms with Gasteiger partial charge in [-0.1, -0.05) is 60.7 Å². The Labute approximate surface area is 116 Å². The molecule has 0 amide bonds. The van der Waals surface area contributed by atoms with Gasteiger partial charge in [0.1, 0.15) is 12.2 Å². The summed E-state index contributed by atoms with van der Waals surface area (Å²) in [5, 5.41) is 24.7. The summed E-state index contributed by atoms with van der Waals surface area (Å²) < 4.78 is 0. The third-order valence-corrected chi connectivity index (χ3v) is 4.09. The first-order chi connectivity index (χ1) is 9.77. The molecule has 0 unspecified atom stereocenters. The summed E-state index contributed by atoms with van der Waals surface area (Å²) in [6.45, 7) is 0. The highest BCUT2D eigenvalue weighted by Crippen LogP contribution is 2.40. The molecule has 20 heavy (non-hydrogen) atoms. The maximum atomic E-state index is 10.4. The van der Waals surface area contributed by atoms with Crippen molar-refractivity contribution in [3.05, 3.63) is 65.7 Å². The molecule has 0 aliphatic heterocycles. The van der Waals surface area contributed by atoms with Crippen LogP contribution in [0.25, 0.3) is 27.6 Å². The van der Waals surface area contributed by atoms with Gasteiger partial charge in [0.15, 0.2) is 0 Å². The molecule has 0 heterocycles. The van der Waals surface area contributed by atoms with Crippen molar-refractivity contribution in [1.29, 1.82) is 0 Å². The van der Waals surface area contributed by atoms with Crippen LogP contribution in [0.1, 0.15) is 17.2 Å². The molecule has 1 aliphatic carbocycles. The molecule has 1 aliphatic rings. The lowest BCUT2D eigenvalue weighted by atomic mass is 9.84. The fourth-order valence-electron chi connectivity index (χ4n) is 3.16. The van der Waals surface area contributed by atoms with E-state index in [9.17, 15) is 10.2 Å². The topological polar surface area (TPSA) is 40.5 Å². The molecule has 2 heteroatoms. The lowest BCUT2D eigenvalue weighted by Crippen LogP contribution is -2.20. The molecule has 0 fully saturated rings. The van der Waals surface area contributed by atoms with Crippen molar-refractivity contribution in [3.63, 3.8) is 0 Å². The van der Waals surface area contributed by atoms with Crippen LogP contribution < -0.4 is 0 Å². The van der Waals surface area contributed by atoms with E-state index >= 15 is 0 Å². The largest absolute Gasteiger partial charge is 0.386 e. The van der Waals surface area contributed by atoms with Crippen LogP contribution in [0.3, 0.4) is 0 Å². The van der Waals surface area contributed by atoms with Crippen molar-refractivity contribution < 1.29 is 10.2 Å². The first kappa shape index (κ1) is 11.6. The molecule has 0 spiro atoms. The van der Waals surface area contributed by atoms with Gasteiger partial charge in [0.2, 0.25) is 0 Å². The van der Waals surface area contributed by atoms with Crippen LogP contribution in [0.2, 0.25) is 0 Å². The molecule has 2 atom stereocenters. The number of aliphatic hydroxyl groups is 2. The first-order valence-corrected chi connectivity index (χ1v) is 6.75. The Balaban J connectivity index is 2.28. The lowest BCUT2D eigenvalue weighted by molar-refractivity contribution is 0.0481. The van der Waals surface area contributed by atoms with Crippen molar-refractivity contribution in [2.24, 2.45) is 0 Å². The average molecular weight is 262 g/mol. The van der Waals surface area contributed by atoms with Gasteiger partial charge in [0.05, 0.1) is 0 Å². The zero-order valence-electron chi connectivity index (χ0n) is 10.8. The zero-order valence-corrected chi connectivity index (χ0v) is 10.8. The molecule has 2 nitrogen and oxygen atoms in total. The Bertz CT molecular complexity index is 849. The van der Waals surface area contributed by atoms with Crippen molar-refractivity contribution >= 4 is 27.6 Å². The van der Waals surface area contributed by atoms with Crippen LogP contribution in [0.4, 0.5) is 0 Å². The van der Waals surface area contributed by atoms with Crippen molar-refractivity contribution in [1.82, 2.24) is 0 Å². The molecule has 98 valence electrons. The quantitative estimate of drug-likeness (QED) is 0.609. The summed E-state index contributed by atoms with van der Waals surface area (Å²) in [6.07, 6.45) is 1.87. The van der Waals surface area contributed by atoms with Crippen molar-refractivity contribution in [2.75, 3.05) is 0 Å².